The van der Waals surface area contributed by atoms with Gasteiger partial charge in [-0.25, -0.2) is 0 Å². The van der Waals surface area contributed by atoms with Gasteiger partial charge in [0.25, 0.3) is 0 Å². The van der Waals surface area contributed by atoms with Crippen molar-refractivity contribution in [3.63, 3.8) is 0 Å². The Labute approximate surface area is 139 Å². The molecule has 0 unspecified atom stereocenters. The van der Waals surface area contributed by atoms with Gasteiger partial charge >= 0.3 is 0 Å². The molecule has 0 aliphatic heterocycles. The third-order valence-corrected chi connectivity index (χ3v) is 4.17. The number of nitrogens with zero attached hydrogens (tertiary/aromatic N) is 3. The molecular weight excluding hydrogens is 338 g/mol. The lowest BCUT2D eigenvalue weighted by atomic mass is 10.0. The predicted molar refractivity (Wildman–Crippen MR) is 91.9 cm³/mol. The van der Waals surface area contributed by atoms with Gasteiger partial charge in [0, 0.05) is 23.6 Å². The number of halogens is 1. The highest BCUT2D eigenvalue weighted by molar-refractivity contribution is 9.10. The van der Waals surface area contributed by atoms with Crippen LogP contribution in [0.4, 0.5) is 0 Å². The van der Waals surface area contributed by atoms with Crippen molar-refractivity contribution >= 4 is 15.9 Å². The lowest BCUT2D eigenvalue weighted by molar-refractivity contribution is 0.626. The van der Waals surface area contributed by atoms with E-state index in [2.05, 4.69) is 81.7 Å². The lowest BCUT2D eigenvalue weighted by Crippen LogP contribution is -1.93. The van der Waals surface area contributed by atoms with Crippen LogP contribution in [0.2, 0.25) is 0 Å². The molecule has 112 valence electrons. The standard InChI is InChI=1S/C18H18BrN3/c1-2-22-13-18(20-21-22)12-16-5-3-14(4-6-16)11-15-7-9-17(19)10-8-15/h3-10,13H,2,11-12H2,1H3. The Morgan fingerprint density at radius 2 is 1.41 bits per heavy atom. The molecule has 2 aromatic carbocycles. The third kappa shape index (κ3) is 3.83. The summed E-state index contributed by atoms with van der Waals surface area (Å²) in [6.45, 7) is 2.93. The molecule has 0 amide bonds. The van der Waals surface area contributed by atoms with Crippen molar-refractivity contribution in [1.29, 1.82) is 0 Å². The fraction of sp³-hybridized carbons (Fsp3) is 0.222. The van der Waals surface area contributed by atoms with Crippen LogP contribution in [0, 0.1) is 0 Å². The minimum Gasteiger partial charge on any atom is -0.253 e. The highest BCUT2D eigenvalue weighted by Gasteiger charge is 2.02. The van der Waals surface area contributed by atoms with Gasteiger partial charge in [-0.05, 0) is 42.2 Å². The fourth-order valence-electron chi connectivity index (χ4n) is 2.40. The van der Waals surface area contributed by atoms with Gasteiger partial charge in [-0.1, -0.05) is 57.5 Å². The molecule has 0 aliphatic carbocycles. The van der Waals surface area contributed by atoms with Crippen molar-refractivity contribution in [1.82, 2.24) is 15.0 Å². The van der Waals surface area contributed by atoms with Crippen LogP contribution in [0.1, 0.15) is 29.3 Å². The van der Waals surface area contributed by atoms with Crippen LogP contribution in [-0.2, 0) is 19.4 Å². The molecule has 0 saturated heterocycles. The van der Waals surface area contributed by atoms with E-state index in [1.807, 2.05) is 10.9 Å². The Morgan fingerprint density at radius 1 is 0.864 bits per heavy atom. The second-order valence-corrected chi connectivity index (χ2v) is 6.28. The van der Waals surface area contributed by atoms with Crippen LogP contribution in [0.25, 0.3) is 0 Å². The van der Waals surface area contributed by atoms with Crippen molar-refractivity contribution in [2.75, 3.05) is 0 Å². The summed E-state index contributed by atoms with van der Waals surface area (Å²) in [7, 11) is 0. The second kappa shape index (κ2) is 6.88. The quantitative estimate of drug-likeness (QED) is 0.685. The molecule has 0 spiro atoms. The molecule has 1 aromatic heterocycles. The number of aromatic nitrogens is 3. The maximum atomic E-state index is 4.19. The Bertz CT molecular complexity index is 730. The van der Waals surface area contributed by atoms with Crippen molar-refractivity contribution in [3.05, 3.63) is 81.6 Å². The number of benzene rings is 2. The lowest BCUT2D eigenvalue weighted by Gasteiger charge is -2.04. The number of hydrogen-bond acceptors (Lipinski definition) is 2. The molecule has 0 fully saturated rings. The number of rotatable bonds is 5. The van der Waals surface area contributed by atoms with Gasteiger partial charge in [-0.2, -0.15) is 0 Å². The van der Waals surface area contributed by atoms with Crippen LogP contribution in [0.5, 0.6) is 0 Å². The molecule has 3 nitrogen and oxygen atoms in total. The highest BCUT2D eigenvalue weighted by Crippen LogP contribution is 2.15. The van der Waals surface area contributed by atoms with E-state index < -0.39 is 0 Å². The van der Waals surface area contributed by atoms with Gasteiger partial charge in [0.2, 0.25) is 0 Å². The van der Waals surface area contributed by atoms with E-state index >= 15 is 0 Å². The van der Waals surface area contributed by atoms with E-state index in [9.17, 15) is 0 Å². The molecule has 1 heterocycles. The van der Waals surface area contributed by atoms with E-state index in [-0.39, 0.29) is 0 Å². The summed E-state index contributed by atoms with van der Waals surface area (Å²) in [5, 5.41) is 8.26. The number of aryl methyl sites for hydroxylation is 1. The second-order valence-electron chi connectivity index (χ2n) is 5.36. The van der Waals surface area contributed by atoms with Crippen LogP contribution in [-0.4, -0.2) is 15.0 Å². The first-order chi connectivity index (χ1) is 10.7. The first kappa shape index (κ1) is 15.0. The topological polar surface area (TPSA) is 30.7 Å². The molecule has 0 saturated carbocycles. The van der Waals surface area contributed by atoms with E-state index in [0.29, 0.717) is 0 Å². The molecule has 4 heteroatoms. The third-order valence-electron chi connectivity index (χ3n) is 3.64. The van der Waals surface area contributed by atoms with Crippen LogP contribution < -0.4 is 0 Å². The Morgan fingerprint density at radius 3 is 1.95 bits per heavy atom. The smallest absolute Gasteiger partial charge is 0.0870 e. The van der Waals surface area contributed by atoms with Crippen molar-refractivity contribution < 1.29 is 0 Å². The SMILES string of the molecule is CCn1cc(Cc2ccc(Cc3ccc(Br)cc3)cc2)nn1. The van der Waals surface area contributed by atoms with Crippen molar-refractivity contribution in [2.45, 2.75) is 26.3 Å². The van der Waals surface area contributed by atoms with E-state index in [1.165, 1.54) is 16.7 Å². The normalized spacial score (nSPS) is 10.8. The summed E-state index contributed by atoms with van der Waals surface area (Å²) in [5.41, 5.74) is 4.93. The summed E-state index contributed by atoms with van der Waals surface area (Å²) in [6, 6.07) is 17.2. The maximum absolute atomic E-state index is 4.19. The first-order valence-corrected chi connectivity index (χ1v) is 8.23. The van der Waals surface area contributed by atoms with Crippen molar-refractivity contribution in [3.8, 4) is 0 Å². The Kier molecular flexibility index (Phi) is 4.68. The summed E-state index contributed by atoms with van der Waals surface area (Å²) < 4.78 is 2.98. The summed E-state index contributed by atoms with van der Waals surface area (Å²) in [4.78, 5) is 0. The monoisotopic (exact) mass is 355 g/mol. The van der Waals surface area contributed by atoms with Crippen molar-refractivity contribution in [2.24, 2.45) is 0 Å². The first-order valence-electron chi connectivity index (χ1n) is 7.44. The molecule has 3 rings (SSSR count). The van der Waals surface area contributed by atoms with Gasteiger partial charge in [-0.15, -0.1) is 5.10 Å². The van der Waals surface area contributed by atoms with Crippen LogP contribution in [0.3, 0.4) is 0 Å². The van der Waals surface area contributed by atoms with Crippen LogP contribution >= 0.6 is 15.9 Å². The molecule has 0 atom stereocenters. The Hall–Kier alpha value is -1.94. The largest absolute Gasteiger partial charge is 0.253 e. The zero-order valence-electron chi connectivity index (χ0n) is 12.5. The minimum atomic E-state index is 0.832. The molecular formula is C18H18BrN3. The van der Waals surface area contributed by atoms with E-state index in [4.69, 9.17) is 0 Å². The van der Waals surface area contributed by atoms with Gasteiger partial charge in [0.05, 0.1) is 5.69 Å². The van der Waals surface area contributed by atoms with Crippen LogP contribution in [0.15, 0.2) is 59.2 Å². The summed E-state index contributed by atoms with van der Waals surface area (Å²) in [5.74, 6) is 0. The van der Waals surface area contributed by atoms with Gasteiger partial charge < -0.3 is 0 Å². The zero-order valence-corrected chi connectivity index (χ0v) is 14.1. The molecule has 22 heavy (non-hydrogen) atoms. The molecule has 0 N–H and O–H groups in total. The number of hydrogen-bond donors (Lipinski definition) is 0. The molecule has 3 aromatic rings. The summed E-state index contributed by atoms with van der Waals surface area (Å²) >= 11 is 3.47. The zero-order chi connectivity index (χ0) is 15.4. The Balaban J connectivity index is 1.65. The van der Waals surface area contributed by atoms with Gasteiger partial charge in [0.15, 0.2) is 0 Å². The average molecular weight is 356 g/mol. The molecule has 0 bridgehead atoms. The minimum absolute atomic E-state index is 0.832. The average Bonchev–Trinajstić information content (AvgIpc) is 2.99. The highest BCUT2D eigenvalue weighted by atomic mass is 79.9. The molecule has 0 radical (unpaired) electrons. The van der Waals surface area contributed by atoms with E-state index in [0.717, 1.165) is 29.6 Å². The molecule has 0 aliphatic rings. The van der Waals surface area contributed by atoms with Gasteiger partial charge in [0.1, 0.15) is 0 Å². The summed E-state index contributed by atoms with van der Waals surface area (Å²) in [6.07, 6.45) is 3.80. The fourth-order valence-corrected chi connectivity index (χ4v) is 2.66. The van der Waals surface area contributed by atoms with E-state index in [1.54, 1.807) is 0 Å². The predicted octanol–water partition coefficient (Wildman–Crippen LogP) is 4.24. The van der Waals surface area contributed by atoms with Gasteiger partial charge in [-0.3, -0.25) is 4.68 Å². The maximum Gasteiger partial charge on any atom is 0.0870 e.